The van der Waals surface area contributed by atoms with Crippen molar-refractivity contribution in [2.24, 2.45) is 0 Å². The number of benzene rings is 1. The van der Waals surface area contributed by atoms with Crippen LogP contribution in [0.2, 0.25) is 0 Å². The topological polar surface area (TPSA) is 69.6 Å². The van der Waals surface area contributed by atoms with Gasteiger partial charge in [0.2, 0.25) is 0 Å². The van der Waals surface area contributed by atoms with E-state index in [0.29, 0.717) is 15.7 Å². The molecule has 5 nitrogen and oxygen atoms in total. The zero-order chi connectivity index (χ0) is 12.4. The third-order valence-corrected chi connectivity index (χ3v) is 3.00. The van der Waals surface area contributed by atoms with E-state index in [1.807, 2.05) is 0 Å². The van der Waals surface area contributed by atoms with Gasteiger partial charge in [-0.3, -0.25) is 0 Å². The molecule has 0 amide bonds. The first-order chi connectivity index (χ1) is 8.09. The van der Waals surface area contributed by atoms with Gasteiger partial charge in [0.15, 0.2) is 5.82 Å². The fraction of sp³-hybridized carbons (Fsp3) is 0.222. The van der Waals surface area contributed by atoms with Crippen LogP contribution in [-0.4, -0.2) is 26.6 Å². The molecule has 0 saturated heterocycles. The maximum atomic E-state index is 12.3. The second-order valence-corrected chi connectivity index (χ2v) is 4.08. The number of halogens is 3. The number of anilines is 1. The van der Waals surface area contributed by atoms with Gasteiger partial charge in [0.25, 0.3) is 6.43 Å². The number of alkyl halides is 2. The van der Waals surface area contributed by atoms with Crippen molar-refractivity contribution in [2.45, 2.75) is 13.0 Å². The fourth-order valence-electron chi connectivity index (χ4n) is 1.37. The lowest BCUT2D eigenvalue weighted by atomic mass is 10.2. The molecule has 1 heterocycles. The Kier molecular flexibility index (Phi) is 3.32. The number of rotatable bonds is 3. The molecule has 2 rings (SSSR count). The molecule has 17 heavy (non-hydrogen) atoms. The third-order valence-electron chi connectivity index (χ3n) is 2.11. The number of nitrogens with zero attached hydrogens (tertiary/aromatic N) is 4. The normalized spacial score (nSPS) is 11.1. The van der Waals surface area contributed by atoms with E-state index >= 15 is 0 Å². The predicted molar refractivity (Wildman–Crippen MR) is 61.4 cm³/mol. The van der Waals surface area contributed by atoms with Gasteiger partial charge >= 0.3 is 0 Å². The zero-order valence-corrected chi connectivity index (χ0v) is 10.1. The SMILES string of the molecule is Nc1cccc(-c2nnnn2CC(F)F)c1Br. The molecule has 0 aliphatic carbocycles. The van der Waals surface area contributed by atoms with Crippen molar-refractivity contribution >= 4 is 21.6 Å². The van der Waals surface area contributed by atoms with Crippen LogP contribution in [-0.2, 0) is 6.54 Å². The Morgan fingerprint density at radius 1 is 1.41 bits per heavy atom. The molecule has 0 fully saturated rings. The molecular weight excluding hydrogens is 296 g/mol. The minimum Gasteiger partial charge on any atom is -0.398 e. The highest BCUT2D eigenvalue weighted by atomic mass is 79.9. The van der Waals surface area contributed by atoms with Crippen molar-refractivity contribution in [1.29, 1.82) is 0 Å². The molecule has 0 bridgehead atoms. The van der Waals surface area contributed by atoms with Gasteiger partial charge in [-0.15, -0.1) is 5.10 Å². The summed E-state index contributed by atoms with van der Waals surface area (Å²) in [5.74, 6) is 0.254. The van der Waals surface area contributed by atoms with Gasteiger partial charge in [-0.1, -0.05) is 6.07 Å². The maximum absolute atomic E-state index is 12.3. The van der Waals surface area contributed by atoms with Crippen molar-refractivity contribution < 1.29 is 8.78 Å². The molecule has 0 spiro atoms. The van der Waals surface area contributed by atoms with Gasteiger partial charge in [-0.05, 0) is 38.5 Å². The number of aromatic nitrogens is 4. The van der Waals surface area contributed by atoms with E-state index in [0.717, 1.165) is 4.68 Å². The van der Waals surface area contributed by atoms with Crippen molar-refractivity contribution in [2.75, 3.05) is 5.73 Å². The van der Waals surface area contributed by atoms with E-state index in [1.165, 1.54) is 0 Å². The Hall–Kier alpha value is -1.57. The molecule has 0 radical (unpaired) electrons. The van der Waals surface area contributed by atoms with Crippen LogP contribution in [0.5, 0.6) is 0 Å². The van der Waals surface area contributed by atoms with Crippen LogP contribution in [0.15, 0.2) is 22.7 Å². The summed E-state index contributed by atoms with van der Waals surface area (Å²) in [6, 6.07) is 5.10. The molecule has 0 saturated carbocycles. The van der Waals surface area contributed by atoms with Crippen LogP contribution >= 0.6 is 15.9 Å². The number of hydrogen-bond acceptors (Lipinski definition) is 4. The summed E-state index contributed by atoms with van der Waals surface area (Å²) in [6.07, 6.45) is -2.52. The lowest BCUT2D eigenvalue weighted by Gasteiger charge is -2.07. The number of nitrogen functional groups attached to an aromatic ring is 1. The summed E-state index contributed by atoms with van der Waals surface area (Å²) in [5.41, 5.74) is 6.78. The lowest BCUT2D eigenvalue weighted by molar-refractivity contribution is 0.121. The molecule has 1 aromatic carbocycles. The molecule has 2 aromatic rings. The Labute approximate surface area is 104 Å². The highest BCUT2D eigenvalue weighted by Crippen LogP contribution is 2.30. The van der Waals surface area contributed by atoms with Crippen LogP contribution in [0.25, 0.3) is 11.4 Å². The first-order valence-corrected chi connectivity index (χ1v) is 5.47. The molecule has 0 aliphatic rings. The summed E-state index contributed by atoms with van der Waals surface area (Å²) in [6.45, 7) is -0.552. The quantitative estimate of drug-likeness (QED) is 0.880. The summed E-state index contributed by atoms with van der Waals surface area (Å²) < 4.78 is 26.3. The molecule has 8 heteroatoms. The van der Waals surface area contributed by atoms with Crippen LogP contribution in [0.4, 0.5) is 14.5 Å². The molecule has 2 N–H and O–H groups in total. The first-order valence-electron chi connectivity index (χ1n) is 4.68. The molecule has 90 valence electrons. The van der Waals surface area contributed by atoms with E-state index in [9.17, 15) is 8.78 Å². The van der Waals surface area contributed by atoms with Gasteiger partial charge in [-0.2, -0.15) is 0 Å². The van der Waals surface area contributed by atoms with Gasteiger partial charge in [-0.25, -0.2) is 13.5 Å². The second kappa shape index (κ2) is 4.74. The molecule has 0 atom stereocenters. The smallest absolute Gasteiger partial charge is 0.258 e. The second-order valence-electron chi connectivity index (χ2n) is 3.28. The minimum atomic E-state index is -2.52. The third kappa shape index (κ3) is 2.41. The monoisotopic (exact) mass is 303 g/mol. The average Bonchev–Trinajstić information content (AvgIpc) is 2.69. The van der Waals surface area contributed by atoms with Crippen molar-refractivity contribution in [3.63, 3.8) is 0 Å². The highest BCUT2D eigenvalue weighted by molar-refractivity contribution is 9.10. The number of tetrazole rings is 1. The molecule has 0 unspecified atom stereocenters. The lowest BCUT2D eigenvalue weighted by Crippen LogP contribution is -2.10. The van der Waals surface area contributed by atoms with Crippen LogP contribution in [0.1, 0.15) is 0 Å². The van der Waals surface area contributed by atoms with Gasteiger partial charge in [0.05, 0.1) is 4.47 Å². The van der Waals surface area contributed by atoms with Gasteiger partial charge < -0.3 is 5.73 Å². The molecule has 1 aromatic heterocycles. The standard InChI is InChI=1S/C9H8BrF2N5/c10-8-5(2-1-3-6(8)13)9-14-15-16-17(9)4-7(11)12/h1-3,7H,4,13H2. The van der Waals surface area contributed by atoms with Gasteiger partial charge in [0.1, 0.15) is 6.54 Å². The predicted octanol–water partition coefficient (Wildman–Crippen LogP) is 1.95. The number of nitrogens with two attached hydrogens (primary N) is 1. The Morgan fingerprint density at radius 2 is 2.18 bits per heavy atom. The summed E-state index contributed by atoms with van der Waals surface area (Å²) in [4.78, 5) is 0. The van der Waals surface area contributed by atoms with E-state index in [2.05, 4.69) is 31.5 Å². The van der Waals surface area contributed by atoms with E-state index in [1.54, 1.807) is 18.2 Å². The largest absolute Gasteiger partial charge is 0.398 e. The van der Waals surface area contributed by atoms with Crippen molar-refractivity contribution in [1.82, 2.24) is 20.2 Å². The molecule has 0 aliphatic heterocycles. The zero-order valence-electron chi connectivity index (χ0n) is 8.52. The van der Waals surface area contributed by atoms with Crippen LogP contribution in [0.3, 0.4) is 0 Å². The first kappa shape index (κ1) is 11.9. The van der Waals surface area contributed by atoms with Crippen molar-refractivity contribution in [3.8, 4) is 11.4 Å². The maximum Gasteiger partial charge on any atom is 0.258 e. The summed E-state index contributed by atoms with van der Waals surface area (Å²) in [7, 11) is 0. The van der Waals surface area contributed by atoms with E-state index in [-0.39, 0.29) is 5.82 Å². The highest BCUT2D eigenvalue weighted by Gasteiger charge is 2.16. The Morgan fingerprint density at radius 3 is 2.88 bits per heavy atom. The summed E-state index contributed by atoms with van der Waals surface area (Å²) in [5, 5.41) is 10.6. The van der Waals surface area contributed by atoms with Gasteiger partial charge in [0, 0.05) is 11.3 Å². The fourth-order valence-corrected chi connectivity index (χ4v) is 1.82. The van der Waals surface area contributed by atoms with Crippen LogP contribution < -0.4 is 5.73 Å². The number of hydrogen-bond donors (Lipinski definition) is 1. The average molecular weight is 304 g/mol. The van der Waals surface area contributed by atoms with Crippen LogP contribution in [0, 0.1) is 0 Å². The van der Waals surface area contributed by atoms with Crippen molar-refractivity contribution in [3.05, 3.63) is 22.7 Å². The van der Waals surface area contributed by atoms with E-state index < -0.39 is 13.0 Å². The molecular formula is C9H8BrF2N5. The summed E-state index contributed by atoms with van der Waals surface area (Å²) >= 11 is 3.28. The Bertz CT molecular complexity index is 528. The minimum absolute atomic E-state index is 0.254. The Balaban J connectivity index is 2.46. The van der Waals surface area contributed by atoms with E-state index in [4.69, 9.17) is 5.73 Å².